The minimum Gasteiger partial charge on any atom is -0.497 e. The van der Waals surface area contributed by atoms with Crippen LogP contribution in [0.5, 0.6) is 5.75 Å². The van der Waals surface area contributed by atoms with Crippen molar-refractivity contribution in [3.63, 3.8) is 0 Å². The minimum atomic E-state index is -0.382. The third-order valence-electron chi connectivity index (χ3n) is 1.95. The minimum absolute atomic E-state index is 0.382. The van der Waals surface area contributed by atoms with Gasteiger partial charge in [0.15, 0.2) is 0 Å². The van der Waals surface area contributed by atoms with Gasteiger partial charge in [-0.3, -0.25) is 0 Å². The Bertz CT molecular complexity index is 399. The standard InChI is InChI=1S/C12H15NO3/c1-9(7-12(14)16-3)13-10-5-4-6-11(8-10)15-2/h4-8,13H,1-3H3/b9-7-. The van der Waals surface area contributed by atoms with Crippen molar-refractivity contribution in [1.82, 2.24) is 0 Å². The van der Waals surface area contributed by atoms with Crippen LogP contribution in [-0.4, -0.2) is 20.2 Å². The van der Waals surface area contributed by atoms with Crippen molar-refractivity contribution < 1.29 is 14.3 Å². The number of hydrogen-bond donors (Lipinski definition) is 1. The molecule has 0 spiro atoms. The highest BCUT2D eigenvalue weighted by atomic mass is 16.5. The Hall–Kier alpha value is -1.97. The predicted molar refractivity (Wildman–Crippen MR) is 62.4 cm³/mol. The molecule has 0 aromatic heterocycles. The summed E-state index contributed by atoms with van der Waals surface area (Å²) in [6.45, 7) is 1.79. The third kappa shape index (κ3) is 3.65. The molecule has 4 heteroatoms. The van der Waals surface area contributed by atoms with E-state index in [1.165, 1.54) is 13.2 Å². The van der Waals surface area contributed by atoms with E-state index in [2.05, 4.69) is 10.1 Å². The largest absolute Gasteiger partial charge is 0.497 e. The van der Waals surface area contributed by atoms with E-state index >= 15 is 0 Å². The van der Waals surface area contributed by atoms with Gasteiger partial charge in [-0.05, 0) is 19.1 Å². The van der Waals surface area contributed by atoms with Gasteiger partial charge in [0.05, 0.1) is 14.2 Å². The zero-order chi connectivity index (χ0) is 12.0. The number of benzene rings is 1. The van der Waals surface area contributed by atoms with Gasteiger partial charge in [-0.1, -0.05) is 6.07 Å². The summed E-state index contributed by atoms with van der Waals surface area (Å²) in [5.41, 5.74) is 1.57. The SMILES string of the molecule is COC(=O)/C=C(/C)Nc1cccc(OC)c1. The number of nitrogens with one attached hydrogen (secondary N) is 1. The van der Waals surface area contributed by atoms with Crippen LogP contribution >= 0.6 is 0 Å². The van der Waals surface area contributed by atoms with E-state index in [1.54, 1.807) is 14.0 Å². The van der Waals surface area contributed by atoms with Crippen molar-refractivity contribution in [2.24, 2.45) is 0 Å². The number of carbonyl (C=O) groups excluding carboxylic acids is 1. The van der Waals surface area contributed by atoms with Gasteiger partial charge in [-0.2, -0.15) is 0 Å². The lowest BCUT2D eigenvalue weighted by Gasteiger charge is -2.07. The van der Waals surface area contributed by atoms with Crippen molar-refractivity contribution in [3.05, 3.63) is 36.0 Å². The number of anilines is 1. The lowest BCUT2D eigenvalue weighted by Crippen LogP contribution is -2.02. The van der Waals surface area contributed by atoms with Crippen LogP contribution in [0.25, 0.3) is 0 Å². The molecule has 0 bridgehead atoms. The van der Waals surface area contributed by atoms with Crippen molar-refractivity contribution in [1.29, 1.82) is 0 Å². The van der Waals surface area contributed by atoms with E-state index in [9.17, 15) is 4.79 Å². The summed E-state index contributed by atoms with van der Waals surface area (Å²) in [5, 5.41) is 3.06. The third-order valence-corrected chi connectivity index (χ3v) is 1.95. The van der Waals surface area contributed by atoms with Gasteiger partial charge in [0.1, 0.15) is 5.75 Å². The molecule has 4 nitrogen and oxygen atoms in total. The average molecular weight is 221 g/mol. The van der Waals surface area contributed by atoms with Gasteiger partial charge in [0.2, 0.25) is 0 Å². The summed E-state index contributed by atoms with van der Waals surface area (Å²) in [6, 6.07) is 7.45. The van der Waals surface area contributed by atoms with E-state index in [0.29, 0.717) is 5.70 Å². The molecule has 0 saturated carbocycles. The van der Waals surface area contributed by atoms with Gasteiger partial charge in [0, 0.05) is 23.5 Å². The molecular weight excluding hydrogens is 206 g/mol. The lowest BCUT2D eigenvalue weighted by molar-refractivity contribution is -0.134. The molecule has 86 valence electrons. The second kappa shape index (κ2) is 5.80. The van der Waals surface area contributed by atoms with E-state index < -0.39 is 0 Å². The first-order valence-electron chi connectivity index (χ1n) is 4.83. The number of rotatable bonds is 4. The fourth-order valence-corrected chi connectivity index (χ4v) is 1.20. The Morgan fingerprint density at radius 3 is 2.75 bits per heavy atom. The van der Waals surface area contributed by atoms with Crippen LogP contribution in [0.1, 0.15) is 6.92 Å². The molecule has 1 aromatic rings. The monoisotopic (exact) mass is 221 g/mol. The van der Waals surface area contributed by atoms with Gasteiger partial charge < -0.3 is 14.8 Å². The Morgan fingerprint density at radius 1 is 1.38 bits per heavy atom. The summed E-state index contributed by atoms with van der Waals surface area (Å²) in [4.78, 5) is 11.0. The molecule has 0 unspecified atom stereocenters. The number of carbonyl (C=O) groups is 1. The summed E-state index contributed by atoms with van der Waals surface area (Å²) < 4.78 is 9.61. The van der Waals surface area contributed by atoms with E-state index in [0.717, 1.165) is 11.4 Å². The van der Waals surface area contributed by atoms with Crippen LogP contribution in [0, 0.1) is 0 Å². The average Bonchev–Trinajstić information content (AvgIpc) is 2.28. The molecule has 0 amide bonds. The van der Waals surface area contributed by atoms with Crippen molar-refractivity contribution in [2.75, 3.05) is 19.5 Å². The molecule has 0 aliphatic carbocycles. The molecule has 0 aliphatic rings. The quantitative estimate of drug-likeness (QED) is 0.625. The van der Waals surface area contributed by atoms with Crippen LogP contribution < -0.4 is 10.1 Å². The Morgan fingerprint density at radius 2 is 2.12 bits per heavy atom. The Kier molecular flexibility index (Phi) is 4.39. The van der Waals surface area contributed by atoms with Crippen LogP contribution in [0.2, 0.25) is 0 Å². The molecule has 1 rings (SSSR count). The highest BCUT2D eigenvalue weighted by Gasteiger charge is 1.98. The topological polar surface area (TPSA) is 47.6 Å². The smallest absolute Gasteiger partial charge is 0.332 e. The van der Waals surface area contributed by atoms with Crippen LogP contribution in [-0.2, 0) is 9.53 Å². The molecule has 0 aliphatic heterocycles. The molecule has 1 aromatic carbocycles. The second-order valence-electron chi connectivity index (χ2n) is 3.21. The first kappa shape index (κ1) is 12.1. The van der Waals surface area contributed by atoms with Gasteiger partial charge in [0.25, 0.3) is 0 Å². The molecule has 0 saturated heterocycles. The fraction of sp³-hybridized carbons (Fsp3) is 0.250. The molecule has 0 radical (unpaired) electrons. The van der Waals surface area contributed by atoms with Gasteiger partial charge in [-0.25, -0.2) is 4.79 Å². The zero-order valence-electron chi connectivity index (χ0n) is 9.61. The van der Waals surface area contributed by atoms with Crippen LogP contribution in [0.4, 0.5) is 5.69 Å². The van der Waals surface area contributed by atoms with Gasteiger partial charge >= 0.3 is 5.97 Å². The molecular formula is C12H15NO3. The predicted octanol–water partition coefficient (Wildman–Crippen LogP) is 2.18. The number of methoxy groups -OCH3 is 2. The molecule has 1 N–H and O–H groups in total. The summed E-state index contributed by atoms with van der Waals surface area (Å²) >= 11 is 0. The van der Waals surface area contributed by atoms with Crippen LogP contribution in [0.3, 0.4) is 0 Å². The highest BCUT2D eigenvalue weighted by molar-refractivity contribution is 5.83. The van der Waals surface area contributed by atoms with Crippen molar-refractivity contribution >= 4 is 11.7 Å². The maximum atomic E-state index is 11.0. The normalized spacial score (nSPS) is 10.8. The number of esters is 1. The number of ether oxygens (including phenoxy) is 2. The first-order valence-corrected chi connectivity index (χ1v) is 4.83. The summed E-state index contributed by atoms with van der Waals surface area (Å²) in [6.07, 6.45) is 1.39. The van der Waals surface area contributed by atoms with Crippen LogP contribution in [0.15, 0.2) is 36.0 Å². The number of hydrogen-bond acceptors (Lipinski definition) is 4. The molecule has 0 fully saturated rings. The van der Waals surface area contributed by atoms with E-state index in [4.69, 9.17) is 4.74 Å². The summed E-state index contributed by atoms with van der Waals surface area (Å²) in [5.74, 6) is 0.378. The number of allylic oxidation sites excluding steroid dienone is 1. The Balaban J connectivity index is 2.72. The molecule has 16 heavy (non-hydrogen) atoms. The van der Waals surface area contributed by atoms with E-state index in [-0.39, 0.29) is 5.97 Å². The fourth-order valence-electron chi connectivity index (χ4n) is 1.20. The first-order chi connectivity index (χ1) is 7.65. The maximum Gasteiger partial charge on any atom is 0.332 e. The lowest BCUT2D eigenvalue weighted by atomic mass is 10.3. The highest BCUT2D eigenvalue weighted by Crippen LogP contribution is 2.17. The maximum absolute atomic E-state index is 11.0. The van der Waals surface area contributed by atoms with Crippen molar-refractivity contribution in [2.45, 2.75) is 6.92 Å². The summed E-state index contributed by atoms with van der Waals surface area (Å²) in [7, 11) is 2.95. The zero-order valence-corrected chi connectivity index (χ0v) is 9.61. The Labute approximate surface area is 94.9 Å². The second-order valence-corrected chi connectivity index (χ2v) is 3.21. The van der Waals surface area contributed by atoms with Crippen molar-refractivity contribution in [3.8, 4) is 5.75 Å². The van der Waals surface area contributed by atoms with Gasteiger partial charge in [-0.15, -0.1) is 0 Å². The molecule has 0 atom stereocenters. The van der Waals surface area contributed by atoms with E-state index in [1.807, 2.05) is 24.3 Å². The molecule has 0 heterocycles.